The van der Waals surface area contributed by atoms with E-state index in [0.717, 1.165) is 22.0 Å². The van der Waals surface area contributed by atoms with E-state index in [1.807, 2.05) is 67.0 Å². The fraction of sp³-hybridized carbons (Fsp3) is 0.357. The lowest BCUT2D eigenvalue weighted by Gasteiger charge is -2.25. The van der Waals surface area contributed by atoms with E-state index in [4.69, 9.17) is 10.8 Å². The van der Waals surface area contributed by atoms with Crippen LogP contribution in [-0.2, 0) is 32.0 Å². The fourth-order valence-electron chi connectivity index (χ4n) is 4.12. The molecule has 0 aliphatic heterocycles. The second-order valence-corrected chi connectivity index (χ2v) is 10.3. The Kier molecular flexibility index (Phi) is 10.9. The number of aliphatic carboxylic acids is 1. The van der Waals surface area contributed by atoms with E-state index < -0.39 is 47.9 Å². The average Bonchev–Trinajstić information content (AvgIpc) is 3.33. The number of hydrogen-bond acceptors (Lipinski definition) is 6. The first-order valence-electron chi connectivity index (χ1n) is 12.7. The lowest BCUT2D eigenvalue weighted by Crippen LogP contribution is -2.57. The SMILES string of the molecule is CSCCC(NC(=O)C(Cc1ccccc1)NC(=O)C(N)Cc1c[nH]c2ccccc12)C(=O)NC(C)C(=O)O. The number of carbonyl (C=O) groups is 4. The Morgan fingerprint density at radius 2 is 1.54 bits per heavy atom. The number of aromatic amines is 1. The Hall–Kier alpha value is -3.83. The summed E-state index contributed by atoms with van der Waals surface area (Å²) in [6.45, 7) is 1.35. The average molecular weight is 554 g/mol. The number of carboxylic acids is 1. The van der Waals surface area contributed by atoms with E-state index in [1.54, 1.807) is 0 Å². The number of benzene rings is 2. The third kappa shape index (κ3) is 8.59. The molecule has 2 aromatic carbocycles. The van der Waals surface area contributed by atoms with Gasteiger partial charge in [0.2, 0.25) is 17.7 Å². The summed E-state index contributed by atoms with van der Waals surface area (Å²) in [4.78, 5) is 53.7. The summed E-state index contributed by atoms with van der Waals surface area (Å²) in [6, 6.07) is 12.9. The van der Waals surface area contributed by atoms with Gasteiger partial charge < -0.3 is 31.8 Å². The second-order valence-electron chi connectivity index (χ2n) is 9.33. The number of amides is 3. The van der Waals surface area contributed by atoms with Gasteiger partial charge in [0.15, 0.2) is 0 Å². The molecule has 39 heavy (non-hydrogen) atoms. The molecule has 0 aliphatic rings. The molecule has 3 aromatic rings. The van der Waals surface area contributed by atoms with Crippen LogP contribution < -0.4 is 21.7 Å². The first-order chi connectivity index (χ1) is 18.7. The van der Waals surface area contributed by atoms with Crippen molar-refractivity contribution in [2.75, 3.05) is 12.0 Å². The number of carboxylic acid groups (broad SMARTS) is 1. The van der Waals surface area contributed by atoms with Crippen molar-refractivity contribution < 1.29 is 24.3 Å². The molecule has 0 aliphatic carbocycles. The maximum atomic E-state index is 13.4. The smallest absolute Gasteiger partial charge is 0.325 e. The Bertz CT molecular complexity index is 1280. The van der Waals surface area contributed by atoms with E-state index >= 15 is 0 Å². The third-order valence-corrected chi connectivity index (χ3v) is 6.98. The number of para-hydroxylation sites is 1. The Labute approximate surface area is 231 Å². The topological polar surface area (TPSA) is 166 Å². The second kappa shape index (κ2) is 14.4. The highest BCUT2D eigenvalue weighted by molar-refractivity contribution is 7.98. The van der Waals surface area contributed by atoms with Crippen LogP contribution in [0.5, 0.6) is 0 Å². The van der Waals surface area contributed by atoms with Gasteiger partial charge >= 0.3 is 5.97 Å². The molecule has 10 nitrogen and oxygen atoms in total. The number of fused-ring (bicyclic) bond motifs is 1. The molecule has 1 aromatic heterocycles. The molecule has 0 fully saturated rings. The van der Waals surface area contributed by atoms with E-state index in [1.165, 1.54) is 18.7 Å². The predicted molar refractivity (Wildman–Crippen MR) is 152 cm³/mol. The molecule has 7 N–H and O–H groups in total. The lowest BCUT2D eigenvalue weighted by molar-refractivity contribution is -0.141. The number of H-pyrrole nitrogens is 1. The molecule has 1 heterocycles. The molecule has 208 valence electrons. The molecule has 4 unspecified atom stereocenters. The van der Waals surface area contributed by atoms with Gasteiger partial charge in [-0.2, -0.15) is 11.8 Å². The number of carbonyl (C=O) groups excluding carboxylic acids is 3. The van der Waals surface area contributed by atoms with Crippen molar-refractivity contribution in [1.82, 2.24) is 20.9 Å². The number of aromatic nitrogens is 1. The summed E-state index contributed by atoms with van der Waals surface area (Å²) in [5.74, 6) is -2.29. The first kappa shape index (κ1) is 29.7. The zero-order chi connectivity index (χ0) is 28.4. The summed E-state index contributed by atoms with van der Waals surface area (Å²) in [5, 5.41) is 18.0. The van der Waals surface area contributed by atoms with Crippen molar-refractivity contribution in [3.63, 3.8) is 0 Å². The van der Waals surface area contributed by atoms with Crippen LogP contribution in [0.1, 0.15) is 24.5 Å². The molecule has 0 spiro atoms. The standard InChI is InChI=1S/C28H35N5O5S/c1-17(28(37)38)31-26(35)23(12-13-39-2)32-27(36)24(14-18-8-4-3-5-9-18)33-25(34)21(29)15-19-16-30-22-11-7-6-10-20(19)22/h3-11,16-17,21,23-24,30H,12-15,29H2,1-2H3,(H,31,35)(H,32,36)(H,33,34)(H,37,38). The minimum atomic E-state index is -1.18. The number of rotatable bonds is 14. The fourth-order valence-corrected chi connectivity index (χ4v) is 4.59. The highest BCUT2D eigenvalue weighted by atomic mass is 32.2. The van der Waals surface area contributed by atoms with E-state index in [9.17, 15) is 19.2 Å². The summed E-state index contributed by atoms with van der Waals surface area (Å²) in [5.41, 5.74) is 8.90. The molecule has 0 saturated carbocycles. The molecule has 0 radical (unpaired) electrons. The number of nitrogens with two attached hydrogens (primary N) is 1. The Morgan fingerprint density at radius 1 is 0.897 bits per heavy atom. The maximum absolute atomic E-state index is 13.4. The molecule has 0 bridgehead atoms. The zero-order valence-corrected chi connectivity index (χ0v) is 22.8. The van der Waals surface area contributed by atoms with Gasteiger partial charge in [0.05, 0.1) is 6.04 Å². The molecule has 11 heteroatoms. The molecular formula is C28H35N5O5S. The van der Waals surface area contributed by atoms with Crippen molar-refractivity contribution in [1.29, 1.82) is 0 Å². The van der Waals surface area contributed by atoms with E-state index in [0.29, 0.717) is 5.75 Å². The van der Waals surface area contributed by atoms with Crippen LogP contribution in [-0.4, -0.2) is 70.0 Å². The van der Waals surface area contributed by atoms with Crippen LogP contribution in [0.4, 0.5) is 0 Å². The Morgan fingerprint density at radius 3 is 2.23 bits per heavy atom. The van der Waals surface area contributed by atoms with Crippen LogP contribution in [0.25, 0.3) is 10.9 Å². The largest absolute Gasteiger partial charge is 0.480 e. The van der Waals surface area contributed by atoms with Gasteiger partial charge in [-0.3, -0.25) is 19.2 Å². The van der Waals surface area contributed by atoms with E-state index in [-0.39, 0.29) is 19.3 Å². The van der Waals surface area contributed by atoms with Gasteiger partial charge in [-0.1, -0.05) is 48.5 Å². The molecule has 0 saturated heterocycles. The summed E-state index contributed by atoms with van der Waals surface area (Å²) >= 11 is 1.49. The van der Waals surface area contributed by atoms with Crippen molar-refractivity contribution in [3.05, 3.63) is 71.9 Å². The number of nitrogens with one attached hydrogen (secondary N) is 4. The quantitative estimate of drug-likeness (QED) is 0.176. The number of hydrogen-bond donors (Lipinski definition) is 6. The maximum Gasteiger partial charge on any atom is 0.325 e. The highest BCUT2D eigenvalue weighted by Crippen LogP contribution is 2.19. The normalized spacial score (nSPS) is 14.1. The van der Waals surface area contributed by atoms with E-state index in [2.05, 4.69) is 20.9 Å². The van der Waals surface area contributed by atoms with Gasteiger partial charge in [-0.15, -0.1) is 0 Å². The zero-order valence-electron chi connectivity index (χ0n) is 22.0. The van der Waals surface area contributed by atoms with Crippen molar-refractivity contribution in [2.24, 2.45) is 5.73 Å². The van der Waals surface area contributed by atoms with Crippen molar-refractivity contribution in [3.8, 4) is 0 Å². The van der Waals surface area contributed by atoms with Gasteiger partial charge in [0, 0.05) is 23.5 Å². The Balaban J connectivity index is 1.75. The summed E-state index contributed by atoms with van der Waals surface area (Å²) in [7, 11) is 0. The van der Waals surface area contributed by atoms with Crippen molar-refractivity contribution in [2.45, 2.75) is 50.4 Å². The van der Waals surface area contributed by atoms with Crippen LogP contribution in [0.3, 0.4) is 0 Å². The molecule has 4 atom stereocenters. The highest BCUT2D eigenvalue weighted by Gasteiger charge is 2.29. The first-order valence-corrected chi connectivity index (χ1v) is 14.1. The third-order valence-electron chi connectivity index (χ3n) is 6.34. The predicted octanol–water partition coefficient (Wildman–Crippen LogP) is 1.59. The summed E-state index contributed by atoms with van der Waals surface area (Å²) in [6.07, 6.45) is 4.42. The molecule has 3 amide bonds. The van der Waals surface area contributed by atoms with Crippen LogP contribution in [0, 0.1) is 0 Å². The van der Waals surface area contributed by atoms with Gasteiger partial charge in [0.1, 0.15) is 18.1 Å². The monoisotopic (exact) mass is 553 g/mol. The number of thioether (sulfide) groups is 1. The molecule has 3 rings (SSSR count). The van der Waals surface area contributed by atoms with Crippen molar-refractivity contribution >= 4 is 46.4 Å². The van der Waals surface area contributed by atoms with Gasteiger partial charge in [0.25, 0.3) is 0 Å². The van der Waals surface area contributed by atoms with Gasteiger partial charge in [-0.05, 0) is 49.0 Å². The minimum Gasteiger partial charge on any atom is -0.480 e. The van der Waals surface area contributed by atoms with Crippen LogP contribution in [0.15, 0.2) is 60.8 Å². The van der Waals surface area contributed by atoms with Crippen LogP contribution >= 0.6 is 11.8 Å². The summed E-state index contributed by atoms with van der Waals surface area (Å²) < 4.78 is 0. The molecular weight excluding hydrogens is 518 g/mol. The minimum absolute atomic E-state index is 0.181. The van der Waals surface area contributed by atoms with Crippen LogP contribution in [0.2, 0.25) is 0 Å². The van der Waals surface area contributed by atoms with Gasteiger partial charge in [-0.25, -0.2) is 0 Å². The lowest BCUT2D eigenvalue weighted by atomic mass is 10.0.